The third-order valence-electron chi connectivity index (χ3n) is 18.1. The average molecular weight is 1090 g/mol. The van der Waals surface area contributed by atoms with Crippen LogP contribution in [0.4, 0.5) is 17.1 Å². The SMILES string of the molecule is CC1(C)c2cc(-c3ccc4c(c3)c3ccccc3n4-c3ccccc3)ccc2-c2ccc(N(c3ccc(-c4ccc(-c5ccc6c7ccccc7n(-c7ccccc7)c6c5)cc4)cc3)c3ccc(-c4ccc5oc6ccccc6c5c4)cc3)cc21. The summed E-state index contributed by atoms with van der Waals surface area (Å²) in [5.74, 6) is 0. The molecule has 0 saturated carbocycles. The van der Waals surface area contributed by atoms with Gasteiger partial charge in [0.05, 0.1) is 22.1 Å². The number of furan rings is 1. The van der Waals surface area contributed by atoms with Crippen molar-refractivity contribution in [3.05, 3.63) is 308 Å². The first-order valence-electron chi connectivity index (χ1n) is 29.4. The molecule has 3 aromatic heterocycles. The molecule has 0 spiro atoms. The summed E-state index contributed by atoms with van der Waals surface area (Å²) in [5, 5.41) is 7.28. The molecule has 0 unspecified atom stereocenters. The molecule has 0 radical (unpaired) electrons. The van der Waals surface area contributed by atoms with Crippen LogP contribution in [0.1, 0.15) is 25.0 Å². The molecule has 85 heavy (non-hydrogen) atoms. The molecule has 1 aliphatic rings. The molecule has 16 aromatic rings. The molecular formula is C81H55N3O. The van der Waals surface area contributed by atoms with E-state index >= 15 is 0 Å². The Balaban J connectivity index is 0.720. The van der Waals surface area contributed by atoms with Crippen LogP contribution in [-0.4, -0.2) is 9.13 Å². The first kappa shape index (κ1) is 48.7. The highest BCUT2D eigenvalue weighted by Crippen LogP contribution is 2.52. The van der Waals surface area contributed by atoms with Crippen LogP contribution in [0.5, 0.6) is 0 Å². The molecule has 13 aromatic carbocycles. The van der Waals surface area contributed by atoms with E-state index in [0.29, 0.717) is 0 Å². The summed E-state index contributed by atoms with van der Waals surface area (Å²) < 4.78 is 11.0. The van der Waals surface area contributed by atoms with Crippen LogP contribution in [0.15, 0.2) is 302 Å². The van der Waals surface area contributed by atoms with Crippen molar-refractivity contribution < 1.29 is 4.42 Å². The van der Waals surface area contributed by atoms with Gasteiger partial charge in [-0.25, -0.2) is 0 Å². The maximum Gasteiger partial charge on any atom is 0.135 e. The largest absolute Gasteiger partial charge is 0.456 e. The highest BCUT2D eigenvalue weighted by molar-refractivity contribution is 6.12. The Bertz CT molecular complexity index is 5300. The van der Waals surface area contributed by atoms with Crippen LogP contribution in [0.3, 0.4) is 0 Å². The second-order valence-electron chi connectivity index (χ2n) is 23.3. The number of benzene rings is 13. The van der Waals surface area contributed by atoms with Gasteiger partial charge in [-0.15, -0.1) is 0 Å². The lowest BCUT2D eigenvalue weighted by Gasteiger charge is -2.28. The number of para-hydroxylation sites is 5. The topological polar surface area (TPSA) is 26.2 Å². The van der Waals surface area contributed by atoms with Gasteiger partial charge in [0.25, 0.3) is 0 Å². The fraction of sp³-hybridized carbons (Fsp3) is 0.0370. The molecule has 0 aliphatic heterocycles. The lowest BCUT2D eigenvalue weighted by molar-refractivity contribution is 0.660. The third kappa shape index (κ3) is 7.83. The maximum atomic E-state index is 6.22. The zero-order valence-electron chi connectivity index (χ0n) is 47.0. The van der Waals surface area contributed by atoms with E-state index in [-0.39, 0.29) is 5.41 Å². The Labute approximate surface area is 493 Å². The number of anilines is 3. The number of rotatable bonds is 9. The van der Waals surface area contributed by atoms with Crippen molar-refractivity contribution in [1.29, 1.82) is 0 Å². The predicted molar refractivity (Wildman–Crippen MR) is 356 cm³/mol. The number of hydrogen-bond donors (Lipinski definition) is 0. The monoisotopic (exact) mass is 1090 g/mol. The lowest BCUT2D eigenvalue weighted by Crippen LogP contribution is -2.16. The quantitative estimate of drug-likeness (QED) is 0.144. The second-order valence-corrected chi connectivity index (χ2v) is 23.3. The number of fused-ring (bicyclic) bond motifs is 12. The summed E-state index contributed by atoms with van der Waals surface area (Å²) in [7, 11) is 0. The van der Waals surface area contributed by atoms with E-state index in [9.17, 15) is 0 Å². The Morgan fingerprint density at radius 2 is 0.671 bits per heavy atom. The lowest BCUT2D eigenvalue weighted by atomic mass is 9.81. The fourth-order valence-corrected chi connectivity index (χ4v) is 13.9. The third-order valence-corrected chi connectivity index (χ3v) is 18.1. The van der Waals surface area contributed by atoms with Crippen molar-refractivity contribution in [2.24, 2.45) is 0 Å². The summed E-state index contributed by atoms with van der Waals surface area (Å²) in [6, 6.07) is 109. The van der Waals surface area contributed by atoms with Crippen molar-refractivity contribution in [3.8, 4) is 67.0 Å². The van der Waals surface area contributed by atoms with E-state index in [4.69, 9.17) is 4.42 Å². The van der Waals surface area contributed by atoms with Gasteiger partial charge in [-0.3, -0.25) is 0 Å². The van der Waals surface area contributed by atoms with Crippen LogP contribution < -0.4 is 4.90 Å². The minimum Gasteiger partial charge on any atom is -0.456 e. The van der Waals surface area contributed by atoms with Gasteiger partial charge >= 0.3 is 0 Å². The molecule has 1 aliphatic carbocycles. The van der Waals surface area contributed by atoms with E-state index in [1.54, 1.807) is 0 Å². The van der Waals surface area contributed by atoms with E-state index in [2.05, 4.69) is 313 Å². The molecule has 0 atom stereocenters. The molecule has 4 heteroatoms. The molecule has 0 amide bonds. The summed E-state index contributed by atoms with van der Waals surface area (Å²) >= 11 is 0. The average Bonchev–Trinajstić information content (AvgIpc) is 4.32. The fourth-order valence-electron chi connectivity index (χ4n) is 13.9. The Morgan fingerprint density at radius 3 is 1.33 bits per heavy atom. The van der Waals surface area contributed by atoms with Crippen molar-refractivity contribution in [2.75, 3.05) is 4.90 Å². The first-order valence-corrected chi connectivity index (χ1v) is 29.4. The standard InChI is InChI=1S/C81H55N3O/c1-81(2)73-49-58(57-35-45-77-71(47-57)68-20-10-13-23-76(68)83(77)60-15-5-3-6-16-60)33-42-65(73)66-44-41-64(51-74(66)81)82(63-39-31-55(32-40-63)56-36-46-80-72(48-56)70-21-11-14-24-79(70)85-80)62-37-29-53(30-38-62)52-25-27-54(28-26-52)59-34-43-69-67-19-9-12-22-75(67)84(78(69)50-59)61-17-7-4-8-18-61/h3-51H,1-2H3. The number of hydrogen-bond acceptors (Lipinski definition) is 2. The van der Waals surface area contributed by atoms with Gasteiger partial charge in [-0.1, -0.05) is 196 Å². The van der Waals surface area contributed by atoms with Crippen molar-refractivity contribution in [3.63, 3.8) is 0 Å². The minimum atomic E-state index is -0.266. The summed E-state index contributed by atoms with van der Waals surface area (Å²) in [5.41, 5.74) is 26.7. The zero-order valence-corrected chi connectivity index (χ0v) is 47.0. The van der Waals surface area contributed by atoms with Crippen LogP contribution >= 0.6 is 0 Å². The van der Waals surface area contributed by atoms with Crippen LogP contribution in [-0.2, 0) is 5.41 Å². The van der Waals surface area contributed by atoms with E-state index in [0.717, 1.165) is 61.4 Å². The van der Waals surface area contributed by atoms with Gasteiger partial charge in [0.15, 0.2) is 0 Å². The summed E-state index contributed by atoms with van der Waals surface area (Å²) in [4.78, 5) is 2.42. The van der Waals surface area contributed by atoms with Gasteiger partial charge in [0.1, 0.15) is 11.2 Å². The highest BCUT2D eigenvalue weighted by atomic mass is 16.3. The summed E-state index contributed by atoms with van der Waals surface area (Å²) in [6.45, 7) is 4.79. The van der Waals surface area contributed by atoms with Crippen molar-refractivity contribution in [2.45, 2.75) is 19.3 Å². The molecule has 3 heterocycles. The number of nitrogens with zero attached hydrogens (tertiary/aromatic N) is 3. The molecule has 0 saturated heterocycles. The first-order chi connectivity index (χ1) is 41.9. The maximum absolute atomic E-state index is 6.22. The highest BCUT2D eigenvalue weighted by Gasteiger charge is 2.36. The Kier molecular flexibility index (Phi) is 10.9. The molecule has 4 nitrogen and oxygen atoms in total. The van der Waals surface area contributed by atoms with E-state index in [1.165, 1.54) is 99.4 Å². The molecule has 0 N–H and O–H groups in total. The van der Waals surface area contributed by atoms with Gasteiger partial charge < -0.3 is 18.5 Å². The van der Waals surface area contributed by atoms with E-state index in [1.807, 2.05) is 12.1 Å². The van der Waals surface area contributed by atoms with Gasteiger partial charge in [-0.2, -0.15) is 0 Å². The smallest absolute Gasteiger partial charge is 0.135 e. The molecule has 17 rings (SSSR count). The molecule has 400 valence electrons. The van der Waals surface area contributed by atoms with Gasteiger partial charge in [0, 0.05) is 66.2 Å². The van der Waals surface area contributed by atoms with Gasteiger partial charge in [-0.05, 0) is 182 Å². The van der Waals surface area contributed by atoms with Gasteiger partial charge in [0.2, 0.25) is 0 Å². The van der Waals surface area contributed by atoms with Crippen molar-refractivity contribution in [1.82, 2.24) is 9.13 Å². The molecular weight excluding hydrogens is 1030 g/mol. The summed E-state index contributed by atoms with van der Waals surface area (Å²) in [6.07, 6.45) is 0. The van der Waals surface area contributed by atoms with Crippen LogP contribution in [0.25, 0.3) is 133 Å². The van der Waals surface area contributed by atoms with E-state index < -0.39 is 0 Å². The minimum absolute atomic E-state index is 0.266. The number of aromatic nitrogens is 2. The predicted octanol–water partition coefficient (Wildman–Crippen LogP) is 22.2. The van der Waals surface area contributed by atoms with Crippen molar-refractivity contribution >= 4 is 82.6 Å². The second kappa shape index (κ2) is 19.1. The normalized spacial score (nSPS) is 12.7. The molecule has 0 bridgehead atoms. The van der Waals surface area contributed by atoms with Crippen LogP contribution in [0.2, 0.25) is 0 Å². The molecule has 0 fully saturated rings. The Morgan fingerprint density at radius 1 is 0.271 bits per heavy atom. The van der Waals surface area contributed by atoms with Crippen LogP contribution in [0, 0.1) is 0 Å². The Hall–Kier alpha value is -10.9. The zero-order chi connectivity index (χ0) is 56.3.